The average molecular weight is 325 g/mol. The van der Waals surface area contributed by atoms with Crippen LogP contribution in [-0.4, -0.2) is 41.4 Å². The van der Waals surface area contributed by atoms with Crippen molar-refractivity contribution in [3.05, 3.63) is 48.3 Å². The number of nitrogens with one attached hydrogen (secondary N) is 2. The first-order valence-electron chi connectivity index (χ1n) is 7.93. The maximum atomic E-state index is 12.2. The predicted molar refractivity (Wildman–Crippen MR) is 90.9 cm³/mol. The van der Waals surface area contributed by atoms with Gasteiger partial charge in [0.1, 0.15) is 0 Å². The predicted octanol–water partition coefficient (Wildman–Crippen LogP) is 1.45. The SMILES string of the molecule is O=C(NCCNc1ncccn1)c1cccc(N2CCCC2=O)c1. The van der Waals surface area contributed by atoms with Crippen LogP contribution in [0.2, 0.25) is 0 Å². The summed E-state index contributed by atoms with van der Waals surface area (Å²) >= 11 is 0. The fourth-order valence-electron chi connectivity index (χ4n) is 2.58. The highest BCUT2D eigenvalue weighted by Crippen LogP contribution is 2.22. The van der Waals surface area contributed by atoms with Gasteiger partial charge >= 0.3 is 0 Å². The lowest BCUT2D eigenvalue weighted by Crippen LogP contribution is -2.29. The first-order valence-corrected chi connectivity index (χ1v) is 7.93. The number of carbonyl (C=O) groups is 2. The number of carbonyl (C=O) groups excluding carboxylic acids is 2. The first kappa shape index (κ1) is 15.9. The molecule has 3 rings (SSSR count). The molecule has 0 atom stereocenters. The van der Waals surface area contributed by atoms with Gasteiger partial charge in [0.05, 0.1) is 0 Å². The van der Waals surface area contributed by atoms with E-state index in [1.807, 2.05) is 6.07 Å². The van der Waals surface area contributed by atoms with E-state index < -0.39 is 0 Å². The summed E-state index contributed by atoms with van der Waals surface area (Å²) in [5.41, 5.74) is 1.32. The molecule has 1 aliphatic heterocycles. The highest BCUT2D eigenvalue weighted by molar-refractivity contribution is 5.99. The first-order chi connectivity index (χ1) is 11.7. The van der Waals surface area contributed by atoms with Gasteiger partial charge in [-0.15, -0.1) is 0 Å². The molecule has 0 radical (unpaired) electrons. The molecule has 2 N–H and O–H groups in total. The Morgan fingerprint density at radius 1 is 1.17 bits per heavy atom. The van der Waals surface area contributed by atoms with Gasteiger partial charge in [0.2, 0.25) is 11.9 Å². The standard InChI is InChI=1S/C17H19N5O2/c23-15-6-2-11-22(15)14-5-1-4-13(12-14)16(24)18-9-10-21-17-19-7-3-8-20-17/h1,3-5,7-8,12H,2,6,9-11H2,(H,18,24)(H,19,20,21). The van der Waals surface area contributed by atoms with Gasteiger partial charge in [-0.3, -0.25) is 9.59 Å². The lowest BCUT2D eigenvalue weighted by Gasteiger charge is -2.16. The Balaban J connectivity index is 1.52. The van der Waals surface area contributed by atoms with Crippen LogP contribution in [0.4, 0.5) is 11.6 Å². The minimum Gasteiger partial charge on any atom is -0.352 e. The minimum absolute atomic E-state index is 0.111. The zero-order valence-corrected chi connectivity index (χ0v) is 13.2. The number of benzene rings is 1. The fraction of sp³-hybridized carbons (Fsp3) is 0.294. The molecule has 2 amide bonds. The second-order valence-corrected chi connectivity index (χ2v) is 5.45. The summed E-state index contributed by atoms with van der Waals surface area (Å²) in [6.45, 7) is 1.69. The summed E-state index contributed by atoms with van der Waals surface area (Å²) < 4.78 is 0. The molecular weight excluding hydrogens is 306 g/mol. The second kappa shape index (κ2) is 7.54. The van der Waals surface area contributed by atoms with Crippen molar-refractivity contribution >= 4 is 23.5 Å². The normalized spacial score (nSPS) is 13.8. The van der Waals surface area contributed by atoms with E-state index in [2.05, 4.69) is 20.6 Å². The van der Waals surface area contributed by atoms with Crippen molar-refractivity contribution in [2.24, 2.45) is 0 Å². The van der Waals surface area contributed by atoms with Crippen molar-refractivity contribution in [3.8, 4) is 0 Å². The molecule has 24 heavy (non-hydrogen) atoms. The molecular formula is C17H19N5O2. The van der Waals surface area contributed by atoms with Crippen LogP contribution in [0, 0.1) is 0 Å². The topological polar surface area (TPSA) is 87.2 Å². The molecule has 0 unspecified atom stereocenters. The summed E-state index contributed by atoms with van der Waals surface area (Å²) in [5.74, 6) is 0.472. The van der Waals surface area contributed by atoms with Crippen LogP contribution in [0.25, 0.3) is 0 Å². The van der Waals surface area contributed by atoms with Gasteiger partial charge in [-0.1, -0.05) is 6.07 Å². The highest BCUT2D eigenvalue weighted by Gasteiger charge is 2.22. The Hall–Kier alpha value is -2.96. The molecule has 1 saturated heterocycles. The third kappa shape index (κ3) is 3.87. The summed E-state index contributed by atoms with van der Waals surface area (Å²) in [7, 11) is 0. The summed E-state index contributed by atoms with van der Waals surface area (Å²) in [6.07, 6.45) is 4.74. The third-order valence-electron chi connectivity index (χ3n) is 3.75. The van der Waals surface area contributed by atoms with E-state index in [0.29, 0.717) is 37.6 Å². The number of hydrogen-bond donors (Lipinski definition) is 2. The molecule has 124 valence electrons. The molecule has 7 nitrogen and oxygen atoms in total. The second-order valence-electron chi connectivity index (χ2n) is 5.45. The largest absolute Gasteiger partial charge is 0.352 e. The van der Waals surface area contributed by atoms with E-state index in [-0.39, 0.29) is 11.8 Å². The van der Waals surface area contributed by atoms with Crippen molar-refractivity contribution < 1.29 is 9.59 Å². The van der Waals surface area contributed by atoms with E-state index in [1.54, 1.807) is 41.6 Å². The summed E-state index contributed by atoms with van der Waals surface area (Å²) in [4.78, 5) is 33.9. The Morgan fingerprint density at radius 3 is 2.75 bits per heavy atom. The van der Waals surface area contributed by atoms with Gasteiger partial charge in [0.25, 0.3) is 5.91 Å². The Morgan fingerprint density at radius 2 is 2.00 bits per heavy atom. The van der Waals surface area contributed by atoms with E-state index >= 15 is 0 Å². The van der Waals surface area contributed by atoms with Crippen molar-refractivity contribution in [1.29, 1.82) is 0 Å². The maximum Gasteiger partial charge on any atom is 0.251 e. The molecule has 0 spiro atoms. The number of rotatable bonds is 6. The van der Waals surface area contributed by atoms with E-state index in [4.69, 9.17) is 0 Å². The molecule has 0 aliphatic carbocycles. The molecule has 1 aromatic carbocycles. The monoisotopic (exact) mass is 325 g/mol. The highest BCUT2D eigenvalue weighted by atomic mass is 16.2. The quantitative estimate of drug-likeness (QED) is 0.785. The van der Waals surface area contributed by atoms with E-state index in [1.165, 1.54) is 0 Å². The molecule has 1 fully saturated rings. The number of amides is 2. The number of anilines is 2. The molecule has 0 bridgehead atoms. The van der Waals surface area contributed by atoms with Crippen molar-refractivity contribution in [2.45, 2.75) is 12.8 Å². The van der Waals surface area contributed by atoms with Crippen LogP contribution in [0.1, 0.15) is 23.2 Å². The van der Waals surface area contributed by atoms with Crippen LogP contribution < -0.4 is 15.5 Å². The number of nitrogens with zero attached hydrogens (tertiary/aromatic N) is 3. The van der Waals surface area contributed by atoms with Crippen LogP contribution in [0.5, 0.6) is 0 Å². The third-order valence-corrected chi connectivity index (χ3v) is 3.75. The van der Waals surface area contributed by atoms with E-state index in [9.17, 15) is 9.59 Å². The average Bonchev–Trinajstić information content (AvgIpc) is 3.05. The lowest BCUT2D eigenvalue weighted by molar-refractivity contribution is -0.117. The maximum absolute atomic E-state index is 12.2. The van der Waals surface area contributed by atoms with Gasteiger partial charge in [-0.05, 0) is 30.7 Å². The molecule has 7 heteroatoms. The van der Waals surface area contributed by atoms with Crippen molar-refractivity contribution in [3.63, 3.8) is 0 Å². The molecule has 2 aromatic rings. The lowest BCUT2D eigenvalue weighted by atomic mass is 10.1. The molecule has 1 aliphatic rings. The van der Waals surface area contributed by atoms with E-state index in [0.717, 1.165) is 12.1 Å². The molecule has 0 saturated carbocycles. The summed E-state index contributed by atoms with van der Waals surface area (Å²) in [5, 5.41) is 5.86. The van der Waals surface area contributed by atoms with Gasteiger partial charge in [0.15, 0.2) is 0 Å². The smallest absolute Gasteiger partial charge is 0.251 e. The van der Waals surface area contributed by atoms with Crippen molar-refractivity contribution in [2.75, 3.05) is 29.9 Å². The van der Waals surface area contributed by atoms with Crippen LogP contribution in [0.3, 0.4) is 0 Å². The van der Waals surface area contributed by atoms with Crippen LogP contribution in [0.15, 0.2) is 42.7 Å². The summed E-state index contributed by atoms with van der Waals surface area (Å²) in [6, 6.07) is 8.89. The zero-order valence-electron chi connectivity index (χ0n) is 13.2. The Kier molecular flexibility index (Phi) is 5.00. The zero-order chi connectivity index (χ0) is 16.8. The number of hydrogen-bond acceptors (Lipinski definition) is 5. The van der Waals surface area contributed by atoms with Gasteiger partial charge < -0.3 is 15.5 Å². The Bertz CT molecular complexity index is 720. The minimum atomic E-state index is -0.167. The van der Waals surface area contributed by atoms with Gasteiger partial charge in [0, 0.05) is 49.7 Å². The van der Waals surface area contributed by atoms with Crippen LogP contribution >= 0.6 is 0 Å². The van der Waals surface area contributed by atoms with Gasteiger partial charge in [-0.25, -0.2) is 9.97 Å². The van der Waals surface area contributed by atoms with Crippen molar-refractivity contribution in [1.82, 2.24) is 15.3 Å². The van der Waals surface area contributed by atoms with Crippen LogP contribution in [-0.2, 0) is 4.79 Å². The number of aromatic nitrogens is 2. The van der Waals surface area contributed by atoms with Gasteiger partial charge in [-0.2, -0.15) is 0 Å². The molecule has 2 heterocycles. The molecule has 1 aromatic heterocycles. The Labute approximate surface area is 140 Å². The fourth-order valence-corrected chi connectivity index (χ4v) is 2.58.